The molecule has 0 aliphatic heterocycles. The first kappa shape index (κ1) is 12.2. The second-order valence-corrected chi connectivity index (χ2v) is 4.31. The number of hydrogen-bond donors (Lipinski definition) is 2. The van der Waals surface area contributed by atoms with Crippen LogP contribution < -0.4 is 11.1 Å². The van der Waals surface area contributed by atoms with E-state index >= 15 is 0 Å². The summed E-state index contributed by atoms with van der Waals surface area (Å²) in [5, 5.41) is 4.28. The number of pyridine rings is 1. The maximum atomic E-state index is 6.07. The minimum Gasteiger partial charge on any atom is -0.339 e. The Bertz CT molecular complexity index is 529. The molecule has 1 aromatic heterocycles. The van der Waals surface area contributed by atoms with E-state index in [0.29, 0.717) is 22.4 Å². The van der Waals surface area contributed by atoms with Gasteiger partial charge < -0.3 is 11.1 Å². The Labute approximate surface area is 110 Å². The quantitative estimate of drug-likeness (QED) is 0.894. The van der Waals surface area contributed by atoms with Crippen molar-refractivity contribution in [2.75, 3.05) is 5.32 Å². The molecule has 0 atom stereocenters. The monoisotopic (exact) mass is 267 g/mol. The van der Waals surface area contributed by atoms with Gasteiger partial charge in [-0.2, -0.15) is 0 Å². The molecule has 2 aromatic rings. The maximum absolute atomic E-state index is 6.07. The minimum atomic E-state index is 0.418. The highest BCUT2D eigenvalue weighted by molar-refractivity contribution is 6.36. The zero-order valence-corrected chi connectivity index (χ0v) is 10.5. The molecule has 0 radical (unpaired) electrons. The molecule has 0 unspecified atom stereocenters. The molecule has 0 fully saturated rings. The normalized spacial score (nSPS) is 10.3. The van der Waals surface area contributed by atoms with Gasteiger partial charge in [0.05, 0.1) is 10.7 Å². The first-order valence-electron chi connectivity index (χ1n) is 5.06. The number of nitrogens with zero attached hydrogens (tertiary/aromatic N) is 1. The summed E-state index contributed by atoms with van der Waals surface area (Å²) in [5.41, 5.74) is 7.32. The fraction of sp³-hybridized carbons (Fsp3) is 0.0833. The second-order valence-electron chi connectivity index (χ2n) is 3.46. The molecule has 3 nitrogen and oxygen atoms in total. The lowest BCUT2D eigenvalue weighted by Crippen LogP contribution is -2.03. The zero-order chi connectivity index (χ0) is 12.3. The lowest BCUT2D eigenvalue weighted by atomic mass is 10.2. The van der Waals surface area contributed by atoms with Crippen LogP contribution in [0.15, 0.2) is 36.5 Å². The van der Waals surface area contributed by atoms with E-state index in [4.69, 9.17) is 28.9 Å². The predicted octanol–water partition coefficient (Wildman–Crippen LogP) is 3.59. The number of halogens is 2. The van der Waals surface area contributed by atoms with Gasteiger partial charge >= 0.3 is 0 Å². The third-order valence-electron chi connectivity index (χ3n) is 2.30. The van der Waals surface area contributed by atoms with Crippen LogP contribution in [0.3, 0.4) is 0 Å². The number of nitrogens with two attached hydrogens (primary N) is 1. The Kier molecular flexibility index (Phi) is 3.84. The fourth-order valence-electron chi connectivity index (χ4n) is 1.43. The van der Waals surface area contributed by atoms with Crippen LogP contribution >= 0.6 is 23.2 Å². The number of aromatic nitrogens is 1. The highest BCUT2D eigenvalue weighted by Gasteiger charge is 2.05. The lowest BCUT2D eigenvalue weighted by Gasteiger charge is -2.10. The summed E-state index contributed by atoms with van der Waals surface area (Å²) < 4.78 is 0. The van der Waals surface area contributed by atoms with Crippen molar-refractivity contribution >= 4 is 34.7 Å². The molecule has 88 valence electrons. The third kappa shape index (κ3) is 2.88. The standard InChI is InChI=1S/C12H11Cl2N3/c13-9-3-4-11(10(14)6-9)17-12-8(7-15)2-1-5-16-12/h1-6H,7,15H2,(H,16,17). The van der Waals surface area contributed by atoms with Crippen molar-refractivity contribution in [1.29, 1.82) is 0 Å². The van der Waals surface area contributed by atoms with Crippen molar-refractivity contribution in [2.45, 2.75) is 6.54 Å². The van der Waals surface area contributed by atoms with Crippen LogP contribution in [0.4, 0.5) is 11.5 Å². The van der Waals surface area contributed by atoms with Crippen molar-refractivity contribution in [1.82, 2.24) is 4.98 Å². The van der Waals surface area contributed by atoms with Crippen LogP contribution in [0, 0.1) is 0 Å². The Morgan fingerprint density at radius 3 is 2.76 bits per heavy atom. The van der Waals surface area contributed by atoms with Crippen LogP contribution in [0.5, 0.6) is 0 Å². The molecule has 0 saturated carbocycles. The smallest absolute Gasteiger partial charge is 0.134 e. The van der Waals surface area contributed by atoms with Crippen molar-refractivity contribution < 1.29 is 0 Å². The molecule has 1 heterocycles. The van der Waals surface area contributed by atoms with Crippen molar-refractivity contribution in [3.63, 3.8) is 0 Å². The summed E-state index contributed by atoms with van der Waals surface area (Å²) in [6.07, 6.45) is 1.70. The number of rotatable bonds is 3. The van der Waals surface area contributed by atoms with Gasteiger partial charge in [-0.15, -0.1) is 0 Å². The van der Waals surface area contributed by atoms with E-state index < -0.39 is 0 Å². The average Bonchev–Trinajstić information content (AvgIpc) is 2.33. The Morgan fingerprint density at radius 2 is 2.06 bits per heavy atom. The topological polar surface area (TPSA) is 50.9 Å². The summed E-state index contributed by atoms with van der Waals surface area (Å²) in [6, 6.07) is 9.01. The average molecular weight is 268 g/mol. The summed E-state index contributed by atoms with van der Waals surface area (Å²) in [6.45, 7) is 0.418. The predicted molar refractivity (Wildman–Crippen MR) is 71.9 cm³/mol. The van der Waals surface area contributed by atoms with Gasteiger partial charge in [-0.05, 0) is 24.3 Å². The van der Waals surface area contributed by atoms with Crippen molar-refractivity contribution in [3.8, 4) is 0 Å². The first-order chi connectivity index (χ1) is 8.20. The summed E-state index contributed by atoms with van der Waals surface area (Å²) >= 11 is 11.9. The molecule has 0 bridgehead atoms. The van der Waals surface area contributed by atoms with Crippen LogP contribution in [0.25, 0.3) is 0 Å². The van der Waals surface area contributed by atoms with Crippen molar-refractivity contribution in [2.24, 2.45) is 5.73 Å². The van der Waals surface area contributed by atoms with Gasteiger partial charge in [-0.3, -0.25) is 0 Å². The van der Waals surface area contributed by atoms with Gasteiger partial charge in [0.25, 0.3) is 0 Å². The lowest BCUT2D eigenvalue weighted by molar-refractivity contribution is 1.05. The van der Waals surface area contributed by atoms with E-state index in [-0.39, 0.29) is 0 Å². The molecule has 0 spiro atoms. The Hall–Kier alpha value is -1.29. The van der Waals surface area contributed by atoms with Crippen molar-refractivity contribution in [3.05, 3.63) is 52.1 Å². The second kappa shape index (κ2) is 5.36. The highest BCUT2D eigenvalue weighted by atomic mass is 35.5. The molecule has 0 aliphatic rings. The largest absolute Gasteiger partial charge is 0.339 e. The first-order valence-corrected chi connectivity index (χ1v) is 5.82. The molecular weight excluding hydrogens is 257 g/mol. The van der Waals surface area contributed by atoms with Gasteiger partial charge in [0.2, 0.25) is 0 Å². The molecule has 3 N–H and O–H groups in total. The molecule has 0 aliphatic carbocycles. The number of anilines is 2. The zero-order valence-electron chi connectivity index (χ0n) is 8.95. The van der Waals surface area contributed by atoms with E-state index in [1.807, 2.05) is 12.1 Å². The van der Waals surface area contributed by atoms with E-state index in [0.717, 1.165) is 11.3 Å². The van der Waals surface area contributed by atoms with Gasteiger partial charge in [0.15, 0.2) is 0 Å². The van der Waals surface area contributed by atoms with E-state index in [9.17, 15) is 0 Å². The molecular formula is C12H11Cl2N3. The maximum Gasteiger partial charge on any atom is 0.134 e. The summed E-state index contributed by atoms with van der Waals surface area (Å²) in [5.74, 6) is 0.708. The molecule has 5 heteroatoms. The summed E-state index contributed by atoms with van der Waals surface area (Å²) in [7, 11) is 0. The molecule has 17 heavy (non-hydrogen) atoms. The van der Waals surface area contributed by atoms with Crippen LogP contribution in [-0.4, -0.2) is 4.98 Å². The minimum absolute atomic E-state index is 0.418. The van der Waals surface area contributed by atoms with Gasteiger partial charge in [0, 0.05) is 23.3 Å². The van der Waals surface area contributed by atoms with E-state index in [2.05, 4.69) is 10.3 Å². The SMILES string of the molecule is NCc1cccnc1Nc1ccc(Cl)cc1Cl. The Morgan fingerprint density at radius 1 is 1.24 bits per heavy atom. The number of benzene rings is 1. The Balaban J connectivity index is 2.31. The molecule has 0 saturated heterocycles. The highest BCUT2D eigenvalue weighted by Crippen LogP contribution is 2.28. The van der Waals surface area contributed by atoms with Gasteiger partial charge in [0.1, 0.15) is 5.82 Å². The van der Waals surface area contributed by atoms with E-state index in [1.165, 1.54) is 0 Å². The molecule has 2 rings (SSSR count). The summed E-state index contributed by atoms with van der Waals surface area (Å²) in [4.78, 5) is 4.23. The fourth-order valence-corrected chi connectivity index (χ4v) is 1.89. The van der Waals surface area contributed by atoms with E-state index in [1.54, 1.807) is 24.4 Å². The van der Waals surface area contributed by atoms with Crippen LogP contribution in [0.2, 0.25) is 10.0 Å². The number of hydrogen-bond acceptors (Lipinski definition) is 3. The molecule has 0 amide bonds. The van der Waals surface area contributed by atoms with Gasteiger partial charge in [-0.25, -0.2) is 4.98 Å². The van der Waals surface area contributed by atoms with Gasteiger partial charge in [-0.1, -0.05) is 29.3 Å². The number of nitrogens with one attached hydrogen (secondary N) is 1. The molecule has 1 aromatic carbocycles. The van der Waals surface area contributed by atoms with Crippen LogP contribution in [-0.2, 0) is 6.54 Å². The third-order valence-corrected chi connectivity index (χ3v) is 2.84. The van der Waals surface area contributed by atoms with Crippen LogP contribution in [0.1, 0.15) is 5.56 Å².